The van der Waals surface area contributed by atoms with Gasteiger partial charge in [0.2, 0.25) is 5.91 Å². The van der Waals surface area contributed by atoms with Gasteiger partial charge in [0.1, 0.15) is 5.82 Å². The topological polar surface area (TPSA) is 43.1 Å². The molecule has 76 valence electrons. The Balaban J connectivity index is 2.57. The van der Waals surface area contributed by atoms with Crippen LogP contribution in [0.1, 0.15) is 18.4 Å². The summed E-state index contributed by atoms with van der Waals surface area (Å²) in [5.74, 6) is -0.585. The van der Waals surface area contributed by atoms with Crippen molar-refractivity contribution >= 4 is 21.8 Å². The second kappa shape index (κ2) is 5.10. The van der Waals surface area contributed by atoms with Gasteiger partial charge < -0.3 is 5.73 Å². The van der Waals surface area contributed by atoms with Gasteiger partial charge >= 0.3 is 0 Å². The van der Waals surface area contributed by atoms with Crippen molar-refractivity contribution < 1.29 is 9.18 Å². The molecule has 0 unspecified atom stereocenters. The Morgan fingerprint density at radius 2 is 2.21 bits per heavy atom. The molecule has 4 heteroatoms. The molecular weight excluding hydrogens is 249 g/mol. The van der Waals surface area contributed by atoms with Crippen molar-refractivity contribution in [2.75, 3.05) is 0 Å². The van der Waals surface area contributed by atoms with E-state index in [0.29, 0.717) is 24.8 Å². The van der Waals surface area contributed by atoms with Crippen LogP contribution in [0, 0.1) is 5.82 Å². The highest BCUT2D eigenvalue weighted by atomic mass is 79.9. The second-order valence-electron chi connectivity index (χ2n) is 3.06. The van der Waals surface area contributed by atoms with Crippen LogP contribution < -0.4 is 5.73 Å². The van der Waals surface area contributed by atoms with Crippen molar-refractivity contribution in [2.24, 2.45) is 5.73 Å². The highest BCUT2D eigenvalue weighted by Crippen LogP contribution is 2.17. The monoisotopic (exact) mass is 259 g/mol. The molecule has 0 radical (unpaired) electrons. The molecule has 1 aromatic carbocycles. The van der Waals surface area contributed by atoms with E-state index in [-0.39, 0.29) is 11.7 Å². The SMILES string of the molecule is NC(=O)CCCc1cc(Br)ccc1F. The van der Waals surface area contributed by atoms with E-state index in [1.807, 2.05) is 0 Å². The average molecular weight is 260 g/mol. The summed E-state index contributed by atoms with van der Waals surface area (Å²) in [5.41, 5.74) is 5.59. The summed E-state index contributed by atoms with van der Waals surface area (Å²) >= 11 is 3.26. The quantitative estimate of drug-likeness (QED) is 0.887. The Morgan fingerprint density at radius 3 is 2.86 bits per heavy atom. The van der Waals surface area contributed by atoms with Gasteiger partial charge in [0.05, 0.1) is 0 Å². The minimum atomic E-state index is -0.347. The third kappa shape index (κ3) is 3.46. The van der Waals surface area contributed by atoms with E-state index < -0.39 is 0 Å². The van der Waals surface area contributed by atoms with Crippen LogP contribution in [0.4, 0.5) is 4.39 Å². The van der Waals surface area contributed by atoms with Crippen molar-refractivity contribution in [1.29, 1.82) is 0 Å². The van der Waals surface area contributed by atoms with Crippen LogP contribution in [-0.2, 0) is 11.2 Å². The zero-order valence-electron chi connectivity index (χ0n) is 7.59. The van der Waals surface area contributed by atoms with Gasteiger partial charge in [0.15, 0.2) is 0 Å². The molecule has 1 rings (SSSR count). The minimum absolute atomic E-state index is 0.238. The lowest BCUT2D eigenvalue weighted by Gasteiger charge is -2.02. The van der Waals surface area contributed by atoms with Crippen molar-refractivity contribution in [3.05, 3.63) is 34.1 Å². The summed E-state index contributed by atoms with van der Waals surface area (Å²) in [6.07, 6.45) is 1.42. The molecule has 0 fully saturated rings. The van der Waals surface area contributed by atoms with E-state index in [2.05, 4.69) is 15.9 Å². The number of primary amides is 1. The lowest BCUT2D eigenvalue weighted by Crippen LogP contribution is -2.10. The Bertz CT molecular complexity index is 341. The number of hydrogen-bond acceptors (Lipinski definition) is 1. The number of hydrogen-bond donors (Lipinski definition) is 1. The minimum Gasteiger partial charge on any atom is -0.370 e. The first-order valence-electron chi connectivity index (χ1n) is 4.32. The molecule has 0 aliphatic heterocycles. The number of benzene rings is 1. The number of carbonyl (C=O) groups is 1. The van der Waals surface area contributed by atoms with Crippen LogP contribution in [0.15, 0.2) is 22.7 Å². The first-order valence-corrected chi connectivity index (χ1v) is 5.11. The molecule has 0 aromatic heterocycles. The molecule has 2 N–H and O–H groups in total. The largest absolute Gasteiger partial charge is 0.370 e. The van der Waals surface area contributed by atoms with Gasteiger partial charge in [-0.15, -0.1) is 0 Å². The highest BCUT2D eigenvalue weighted by Gasteiger charge is 2.03. The second-order valence-corrected chi connectivity index (χ2v) is 3.97. The molecule has 2 nitrogen and oxygen atoms in total. The van der Waals surface area contributed by atoms with Gasteiger partial charge in [0, 0.05) is 10.9 Å². The van der Waals surface area contributed by atoms with Gasteiger partial charge in [-0.25, -0.2) is 4.39 Å². The lowest BCUT2D eigenvalue weighted by atomic mass is 10.1. The maximum atomic E-state index is 13.2. The maximum absolute atomic E-state index is 13.2. The standard InChI is InChI=1S/C10H11BrFNO/c11-8-4-5-9(12)7(6-8)2-1-3-10(13)14/h4-6H,1-3H2,(H2,13,14). The van der Waals surface area contributed by atoms with Crippen molar-refractivity contribution in [1.82, 2.24) is 0 Å². The highest BCUT2D eigenvalue weighted by molar-refractivity contribution is 9.10. The average Bonchev–Trinajstić information content (AvgIpc) is 2.10. The van der Waals surface area contributed by atoms with E-state index in [4.69, 9.17) is 5.73 Å². The van der Waals surface area contributed by atoms with Gasteiger partial charge in [0.25, 0.3) is 0 Å². The molecule has 0 bridgehead atoms. The molecule has 0 saturated carbocycles. The van der Waals surface area contributed by atoms with Crippen molar-refractivity contribution in [2.45, 2.75) is 19.3 Å². The first kappa shape index (κ1) is 11.2. The van der Waals surface area contributed by atoms with Crippen molar-refractivity contribution in [3.8, 4) is 0 Å². The van der Waals surface area contributed by atoms with Gasteiger partial charge in [-0.1, -0.05) is 15.9 Å². The summed E-state index contributed by atoms with van der Waals surface area (Å²) in [5, 5.41) is 0. The molecule has 1 amide bonds. The molecule has 0 spiro atoms. The van der Waals surface area contributed by atoms with Crippen LogP contribution in [0.5, 0.6) is 0 Å². The molecule has 0 aliphatic rings. The number of nitrogens with two attached hydrogens (primary N) is 1. The zero-order chi connectivity index (χ0) is 10.6. The third-order valence-electron chi connectivity index (χ3n) is 1.88. The van der Waals surface area contributed by atoms with Crippen LogP contribution in [-0.4, -0.2) is 5.91 Å². The van der Waals surface area contributed by atoms with Gasteiger partial charge in [-0.2, -0.15) is 0 Å². The fourth-order valence-corrected chi connectivity index (χ4v) is 1.60. The van der Waals surface area contributed by atoms with E-state index in [9.17, 15) is 9.18 Å². The number of aryl methyl sites for hydroxylation is 1. The number of amides is 1. The van der Waals surface area contributed by atoms with Crippen molar-refractivity contribution in [3.63, 3.8) is 0 Å². The van der Waals surface area contributed by atoms with Crippen LogP contribution in [0.25, 0.3) is 0 Å². The Hall–Kier alpha value is -0.900. The van der Waals surface area contributed by atoms with E-state index in [0.717, 1.165) is 4.47 Å². The van der Waals surface area contributed by atoms with Gasteiger partial charge in [-0.05, 0) is 36.6 Å². The fraction of sp³-hybridized carbons (Fsp3) is 0.300. The molecule has 0 saturated heterocycles. The predicted molar refractivity (Wildman–Crippen MR) is 56.2 cm³/mol. The first-order chi connectivity index (χ1) is 6.59. The molecule has 0 heterocycles. The third-order valence-corrected chi connectivity index (χ3v) is 2.37. The van der Waals surface area contributed by atoms with Crippen LogP contribution >= 0.6 is 15.9 Å². The zero-order valence-corrected chi connectivity index (χ0v) is 9.18. The summed E-state index contributed by atoms with van der Waals surface area (Å²) in [6.45, 7) is 0. The van der Waals surface area contributed by atoms with E-state index in [1.54, 1.807) is 12.1 Å². The number of rotatable bonds is 4. The summed E-state index contributed by atoms with van der Waals surface area (Å²) in [6, 6.07) is 4.77. The summed E-state index contributed by atoms with van der Waals surface area (Å²) in [7, 11) is 0. The normalized spacial score (nSPS) is 10.1. The summed E-state index contributed by atoms with van der Waals surface area (Å²) < 4.78 is 14.0. The molecule has 1 aromatic rings. The Labute approximate surface area is 90.4 Å². The molecule has 0 aliphatic carbocycles. The number of halogens is 2. The molecule has 0 atom stereocenters. The van der Waals surface area contributed by atoms with Crippen LogP contribution in [0.3, 0.4) is 0 Å². The smallest absolute Gasteiger partial charge is 0.217 e. The maximum Gasteiger partial charge on any atom is 0.217 e. The Morgan fingerprint density at radius 1 is 1.50 bits per heavy atom. The number of carbonyl (C=O) groups excluding carboxylic acids is 1. The fourth-order valence-electron chi connectivity index (χ4n) is 1.19. The Kier molecular flexibility index (Phi) is 4.07. The molecular formula is C10H11BrFNO. The molecule has 14 heavy (non-hydrogen) atoms. The van der Waals surface area contributed by atoms with E-state index >= 15 is 0 Å². The summed E-state index contributed by atoms with van der Waals surface area (Å²) in [4.78, 5) is 10.5. The van der Waals surface area contributed by atoms with Gasteiger partial charge in [-0.3, -0.25) is 4.79 Å². The van der Waals surface area contributed by atoms with E-state index in [1.165, 1.54) is 6.07 Å². The van der Waals surface area contributed by atoms with Crippen LogP contribution in [0.2, 0.25) is 0 Å². The lowest BCUT2D eigenvalue weighted by molar-refractivity contribution is -0.118. The predicted octanol–water partition coefficient (Wildman–Crippen LogP) is 2.40.